The molecule has 0 fully saturated rings. The lowest BCUT2D eigenvalue weighted by atomic mass is 10.4. The number of carbonyl (C=O) groups excluding carboxylic acids is 6. The minimum Gasteiger partial charge on any atom is -0.464 e. The first-order valence-electron chi connectivity index (χ1n) is 10.5. The second-order valence-corrected chi connectivity index (χ2v) is 7.98. The molecule has 0 aliphatic carbocycles. The summed E-state index contributed by atoms with van der Waals surface area (Å²) < 4.78 is 15.0. The molecule has 0 radical (unpaired) electrons. The van der Waals surface area contributed by atoms with E-state index in [0.29, 0.717) is 17.3 Å². The van der Waals surface area contributed by atoms with Gasteiger partial charge >= 0.3 is 30.0 Å². The molecule has 0 saturated carbocycles. The minimum absolute atomic E-state index is 0.0470. The molecule has 0 aliphatic rings. The fraction of sp³-hybridized carbons (Fsp3) is 0.700. The molecule has 0 unspecified atom stereocenters. The maximum atomic E-state index is 12.9. The van der Waals surface area contributed by atoms with Gasteiger partial charge < -0.3 is 28.8 Å². The molecule has 0 aromatic carbocycles. The number of ether oxygens (including phenoxy) is 3. The summed E-state index contributed by atoms with van der Waals surface area (Å²) in [6.07, 6.45) is 0.388. The van der Waals surface area contributed by atoms with Gasteiger partial charge in [-0.2, -0.15) is 37.9 Å². The molecule has 0 atom stereocenters. The topological polar surface area (TPSA) is 140 Å². The van der Waals surface area contributed by atoms with Crippen LogP contribution < -0.4 is 0 Å². The molecule has 0 aromatic rings. The fourth-order valence-corrected chi connectivity index (χ4v) is 2.76. The van der Waals surface area contributed by atoms with Crippen molar-refractivity contribution in [2.45, 2.75) is 19.3 Å². The Hall–Kier alpha value is -2.13. The Morgan fingerprint density at radius 3 is 1.17 bits per heavy atom. The van der Waals surface area contributed by atoms with Crippen LogP contribution in [0.4, 0.5) is 9.59 Å². The van der Waals surface area contributed by atoms with Gasteiger partial charge in [0.25, 0.3) is 0 Å². The van der Waals surface area contributed by atoms with Crippen molar-refractivity contribution in [3.63, 3.8) is 0 Å². The molecule has 12 nitrogen and oxygen atoms in total. The zero-order valence-electron chi connectivity index (χ0n) is 20.0. The van der Waals surface area contributed by atoms with Gasteiger partial charge in [0.1, 0.15) is 26.6 Å². The van der Waals surface area contributed by atoms with Gasteiger partial charge in [0.15, 0.2) is 0 Å². The summed E-state index contributed by atoms with van der Waals surface area (Å²) in [7, 11) is 2.89. The van der Waals surface area contributed by atoms with Crippen molar-refractivity contribution in [2.24, 2.45) is 0 Å². The van der Waals surface area contributed by atoms with Crippen molar-refractivity contribution in [1.29, 1.82) is 0 Å². The Kier molecular flexibility index (Phi) is 22.4. The highest BCUT2D eigenvalue weighted by atomic mass is 32.1. The van der Waals surface area contributed by atoms with Crippen LogP contribution in [0.5, 0.6) is 0 Å². The van der Waals surface area contributed by atoms with E-state index in [-0.39, 0.29) is 58.7 Å². The highest BCUT2D eigenvalue weighted by Crippen LogP contribution is 2.04. The minimum atomic E-state index is -0.672. The third-order valence-corrected chi connectivity index (χ3v) is 4.69. The predicted octanol–water partition coefficient (Wildman–Crippen LogP) is 0.796. The number of nitrogens with zero attached hydrogens (tertiary/aromatic N) is 3. The Balaban J connectivity index is 0. The number of esters is 3. The molecule has 35 heavy (non-hydrogen) atoms. The van der Waals surface area contributed by atoms with E-state index in [2.05, 4.69) is 37.9 Å². The molecule has 0 rings (SSSR count). The number of rotatable bonds is 15. The first-order valence-corrected chi connectivity index (χ1v) is 12.4. The average Bonchev–Trinajstić information content (AvgIpc) is 2.82. The maximum Gasteiger partial charge on any atom is 0.328 e. The third kappa shape index (κ3) is 17.0. The van der Waals surface area contributed by atoms with Crippen molar-refractivity contribution in [2.75, 3.05) is 70.8 Å². The van der Waals surface area contributed by atoms with E-state index in [1.54, 1.807) is 0 Å². The first-order chi connectivity index (χ1) is 16.7. The lowest BCUT2D eigenvalue weighted by Gasteiger charge is -2.30. The van der Waals surface area contributed by atoms with Crippen LogP contribution in [0.15, 0.2) is 0 Å². The number of thiol groups is 3. The molecule has 0 spiro atoms. The molecular weight excluding hydrogens is 522 g/mol. The standard InChI is InChI=1S/C19H33N3O8S3.CH2O/c1-20(6-9-28-15(23)3-12-31)18(26)22(8-11-30-17(25)5-14-33)19(27)21(2)7-10-29-16(24)4-13-32;1-2/h31-33H,3-14H2,1-2H3;1H2. The Bertz CT molecular complexity index is 629. The summed E-state index contributed by atoms with van der Waals surface area (Å²) in [6.45, 7) is 1.61. The van der Waals surface area contributed by atoms with Crippen LogP contribution in [0.1, 0.15) is 19.3 Å². The first kappa shape index (κ1) is 35.0. The summed E-state index contributed by atoms with van der Waals surface area (Å²) >= 11 is 11.8. The molecule has 4 amide bonds. The van der Waals surface area contributed by atoms with Crippen molar-refractivity contribution >= 4 is 74.6 Å². The van der Waals surface area contributed by atoms with Gasteiger partial charge in [0.2, 0.25) is 0 Å². The van der Waals surface area contributed by atoms with Gasteiger partial charge in [-0.1, -0.05) is 0 Å². The van der Waals surface area contributed by atoms with Crippen LogP contribution in [0.25, 0.3) is 0 Å². The van der Waals surface area contributed by atoms with Crippen LogP contribution in [0, 0.1) is 0 Å². The van der Waals surface area contributed by atoms with E-state index < -0.39 is 30.0 Å². The number of amides is 4. The molecule has 202 valence electrons. The number of imide groups is 1. The lowest BCUT2D eigenvalue weighted by Crippen LogP contribution is -2.51. The van der Waals surface area contributed by atoms with Crippen LogP contribution in [0.3, 0.4) is 0 Å². The van der Waals surface area contributed by atoms with Gasteiger partial charge in [-0.3, -0.25) is 14.4 Å². The van der Waals surface area contributed by atoms with Crippen LogP contribution in [0.2, 0.25) is 0 Å². The van der Waals surface area contributed by atoms with Gasteiger partial charge in [-0.15, -0.1) is 0 Å². The van der Waals surface area contributed by atoms with E-state index in [4.69, 9.17) is 19.0 Å². The zero-order valence-corrected chi connectivity index (χ0v) is 22.7. The highest BCUT2D eigenvalue weighted by molar-refractivity contribution is 7.80. The number of likely N-dealkylation sites (N-methyl/N-ethyl adjacent to an activating group) is 2. The normalized spacial score (nSPS) is 9.74. The van der Waals surface area contributed by atoms with E-state index in [1.807, 2.05) is 6.79 Å². The van der Waals surface area contributed by atoms with Crippen LogP contribution in [-0.4, -0.2) is 122 Å². The molecular formula is C20H35N3O9S3. The largest absolute Gasteiger partial charge is 0.464 e. The molecule has 0 bridgehead atoms. The fourth-order valence-electron chi connectivity index (χ4n) is 2.21. The molecule has 0 aromatic heterocycles. The zero-order chi connectivity index (χ0) is 27.2. The third-order valence-electron chi connectivity index (χ3n) is 4.02. The molecule has 15 heteroatoms. The molecule has 0 heterocycles. The summed E-state index contributed by atoms with van der Waals surface area (Å²) in [5.41, 5.74) is 0. The van der Waals surface area contributed by atoms with E-state index in [1.165, 1.54) is 23.9 Å². The van der Waals surface area contributed by atoms with Crippen molar-refractivity contribution < 1.29 is 43.0 Å². The van der Waals surface area contributed by atoms with Gasteiger partial charge in [-0.05, 0) is 0 Å². The molecule has 0 N–H and O–H groups in total. The molecule has 0 aliphatic heterocycles. The Morgan fingerprint density at radius 1 is 0.600 bits per heavy atom. The molecule has 0 saturated heterocycles. The number of carbonyl (C=O) groups is 6. The summed E-state index contributed by atoms with van der Waals surface area (Å²) in [6, 6.07) is -1.34. The second kappa shape index (κ2) is 22.3. The van der Waals surface area contributed by atoms with Crippen LogP contribution >= 0.6 is 37.9 Å². The number of hydrogen-bond donors (Lipinski definition) is 3. The van der Waals surface area contributed by atoms with Gasteiger partial charge in [-0.25, -0.2) is 14.5 Å². The Labute approximate surface area is 222 Å². The Morgan fingerprint density at radius 2 is 0.886 bits per heavy atom. The van der Waals surface area contributed by atoms with E-state index in [9.17, 15) is 24.0 Å². The quantitative estimate of drug-likeness (QED) is 0.152. The highest BCUT2D eigenvalue weighted by Gasteiger charge is 2.27. The van der Waals surface area contributed by atoms with Gasteiger partial charge in [0.05, 0.1) is 38.9 Å². The van der Waals surface area contributed by atoms with Crippen LogP contribution in [-0.2, 0) is 33.4 Å². The lowest BCUT2D eigenvalue weighted by molar-refractivity contribution is -0.144. The van der Waals surface area contributed by atoms with Crippen molar-refractivity contribution in [3.8, 4) is 0 Å². The number of urea groups is 2. The van der Waals surface area contributed by atoms with E-state index >= 15 is 0 Å². The smallest absolute Gasteiger partial charge is 0.328 e. The summed E-state index contributed by atoms with van der Waals surface area (Å²) in [4.78, 5) is 71.5. The predicted molar refractivity (Wildman–Crippen MR) is 138 cm³/mol. The van der Waals surface area contributed by atoms with E-state index in [0.717, 1.165) is 4.90 Å². The summed E-state index contributed by atoms with van der Waals surface area (Å²) in [5.74, 6) is -0.386. The monoisotopic (exact) mass is 557 g/mol. The van der Waals surface area contributed by atoms with Crippen molar-refractivity contribution in [1.82, 2.24) is 14.7 Å². The van der Waals surface area contributed by atoms with Gasteiger partial charge in [0, 0.05) is 31.4 Å². The SMILES string of the molecule is C=O.CN(CCOC(=O)CCS)C(=O)N(CCOC(=O)CCS)C(=O)N(C)CCOC(=O)CCS. The van der Waals surface area contributed by atoms with Crippen molar-refractivity contribution in [3.05, 3.63) is 0 Å². The number of hydrogen-bond acceptors (Lipinski definition) is 12. The summed E-state index contributed by atoms with van der Waals surface area (Å²) in [5, 5.41) is 0. The second-order valence-electron chi connectivity index (χ2n) is 6.64. The average molecular weight is 558 g/mol. The maximum absolute atomic E-state index is 12.9.